The van der Waals surface area contributed by atoms with Crippen LogP contribution in [0.2, 0.25) is 0 Å². The molecule has 0 bridgehead atoms. The lowest BCUT2D eigenvalue weighted by molar-refractivity contribution is -0.121. The maximum Gasteiger partial charge on any atom is 0.252 e. The van der Waals surface area contributed by atoms with E-state index in [1.807, 2.05) is 34.6 Å². The number of carbonyl (C=O) groups is 1. The Balaban J connectivity index is 1.63. The summed E-state index contributed by atoms with van der Waals surface area (Å²) in [7, 11) is 0. The van der Waals surface area contributed by atoms with E-state index < -0.39 is 0 Å². The van der Waals surface area contributed by atoms with Gasteiger partial charge < -0.3 is 9.73 Å². The molecule has 1 amide bonds. The first-order valence-electron chi connectivity index (χ1n) is 8.65. The third-order valence-corrected chi connectivity index (χ3v) is 4.29. The number of carbonyl (C=O) groups excluding carboxylic acids is 1. The first-order valence-corrected chi connectivity index (χ1v) is 8.65. The second-order valence-electron chi connectivity index (χ2n) is 6.66. The van der Waals surface area contributed by atoms with Crippen molar-refractivity contribution < 1.29 is 9.21 Å². The highest BCUT2D eigenvalue weighted by Crippen LogP contribution is 2.18. The number of nitrogens with zero attached hydrogens (tertiary/aromatic N) is 6. The van der Waals surface area contributed by atoms with Crippen molar-refractivity contribution in [2.24, 2.45) is 0 Å². The minimum atomic E-state index is -0.333. The van der Waals surface area contributed by atoms with Gasteiger partial charge in [-0.2, -0.15) is 10.1 Å². The summed E-state index contributed by atoms with van der Waals surface area (Å²) in [5, 5.41) is 15.1. The predicted octanol–water partition coefficient (Wildman–Crippen LogP) is 2.06. The van der Waals surface area contributed by atoms with E-state index in [2.05, 4.69) is 30.6 Å². The van der Waals surface area contributed by atoms with Gasteiger partial charge in [0.05, 0.1) is 0 Å². The maximum absolute atomic E-state index is 12.3. The van der Waals surface area contributed by atoms with Crippen LogP contribution < -0.4 is 5.32 Å². The molecular weight excluding hydrogens is 334 g/mol. The Labute approximate surface area is 151 Å². The second kappa shape index (κ2) is 7.19. The van der Waals surface area contributed by atoms with Crippen molar-refractivity contribution >= 4 is 11.7 Å². The molecule has 3 aromatic rings. The number of rotatable bonds is 6. The van der Waals surface area contributed by atoms with E-state index in [4.69, 9.17) is 4.42 Å². The van der Waals surface area contributed by atoms with Crippen molar-refractivity contribution in [3.63, 3.8) is 0 Å². The summed E-state index contributed by atoms with van der Waals surface area (Å²) in [6.07, 6.45) is 2.38. The molecule has 9 heteroatoms. The maximum atomic E-state index is 12.3. The largest absolute Gasteiger partial charge is 0.423 e. The molecule has 0 saturated carbocycles. The van der Waals surface area contributed by atoms with Crippen LogP contribution in [0.1, 0.15) is 67.9 Å². The first kappa shape index (κ1) is 18.0. The summed E-state index contributed by atoms with van der Waals surface area (Å²) in [6.45, 7) is 9.66. The molecule has 3 rings (SSSR count). The van der Waals surface area contributed by atoms with Gasteiger partial charge in [-0.15, -0.1) is 10.2 Å². The van der Waals surface area contributed by atoms with Gasteiger partial charge in [0.15, 0.2) is 0 Å². The van der Waals surface area contributed by atoms with E-state index in [1.165, 1.54) is 6.33 Å². The van der Waals surface area contributed by atoms with E-state index in [-0.39, 0.29) is 17.9 Å². The fraction of sp³-hybridized carbons (Fsp3) is 0.529. The fourth-order valence-corrected chi connectivity index (χ4v) is 2.79. The van der Waals surface area contributed by atoms with Gasteiger partial charge in [0.2, 0.25) is 17.7 Å². The van der Waals surface area contributed by atoms with Crippen LogP contribution >= 0.6 is 0 Å². The molecule has 0 spiro atoms. The zero-order valence-corrected chi connectivity index (χ0v) is 15.6. The summed E-state index contributed by atoms with van der Waals surface area (Å²) in [6, 6.07) is -0.333. The molecule has 26 heavy (non-hydrogen) atoms. The highest BCUT2D eigenvalue weighted by atomic mass is 16.4. The molecule has 3 heterocycles. The van der Waals surface area contributed by atoms with Crippen LogP contribution in [-0.4, -0.2) is 35.7 Å². The van der Waals surface area contributed by atoms with Crippen LogP contribution in [0.3, 0.4) is 0 Å². The third-order valence-electron chi connectivity index (χ3n) is 4.29. The van der Waals surface area contributed by atoms with Crippen LogP contribution in [0.15, 0.2) is 10.7 Å². The van der Waals surface area contributed by atoms with Gasteiger partial charge in [-0.1, -0.05) is 13.8 Å². The fourth-order valence-electron chi connectivity index (χ4n) is 2.79. The predicted molar refractivity (Wildman–Crippen MR) is 93.5 cm³/mol. The summed E-state index contributed by atoms with van der Waals surface area (Å²) >= 11 is 0. The van der Waals surface area contributed by atoms with E-state index in [9.17, 15) is 4.79 Å². The molecule has 1 N–H and O–H groups in total. The monoisotopic (exact) mass is 357 g/mol. The first-order chi connectivity index (χ1) is 12.4. The Hall–Kier alpha value is -2.84. The van der Waals surface area contributed by atoms with Crippen LogP contribution in [0.5, 0.6) is 0 Å². The van der Waals surface area contributed by atoms with Crippen LogP contribution in [0.25, 0.3) is 5.78 Å². The summed E-state index contributed by atoms with van der Waals surface area (Å²) in [4.78, 5) is 20.8. The van der Waals surface area contributed by atoms with E-state index in [0.29, 0.717) is 30.4 Å². The number of amides is 1. The van der Waals surface area contributed by atoms with Crippen LogP contribution in [0.4, 0.5) is 0 Å². The molecular formula is C17H23N7O2. The number of hydrogen-bond acceptors (Lipinski definition) is 7. The van der Waals surface area contributed by atoms with Crippen LogP contribution in [-0.2, 0) is 11.2 Å². The number of fused-ring (bicyclic) bond motifs is 1. The number of aromatic nitrogens is 6. The van der Waals surface area contributed by atoms with Gasteiger partial charge >= 0.3 is 0 Å². The summed E-state index contributed by atoms with van der Waals surface area (Å²) in [5.41, 5.74) is 2.82. The molecule has 1 atom stereocenters. The molecule has 0 fully saturated rings. The molecule has 3 aromatic heterocycles. The van der Waals surface area contributed by atoms with Gasteiger partial charge in [0.25, 0.3) is 5.78 Å². The Morgan fingerprint density at radius 1 is 1.23 bits per heavy atom. The van der Waals surface area contributed by atoms with E-state index >= 15 is 0 Å². The zero-order chi connectivity index (χ0) is 18.8. The minimum Gasteiger partial charge on any atom is -0.423 e. The zero-order valence-electron chi connectivity index (χ0n) is 15.6. The molecule has 0 aromatic carbocycles. The quantitative estimate of drug-likeness (QED) is 0.718. The number of hydrogen-bond donors (Lipinski definition) is 1. The van der Waals surface area contributed by atoms with Crippen molar-refractivity contribution in [3.8, 4) is 0 Å². The Morgan fingerprint density at radius 3 is 2.65 bits per heavy atom. The minimum absolute atomic E-state index is 0.0840. The number of aryl methyl sites for hydroxylation is 2. The average Bonchev–Trinajstić information content (AvgIpc) is 3.23. The second-order valence-corrected chi connectivity index (χ2v) is 6.66. The third kappa shape index (κ3) is 3.56. The lowest BCUT2D eigenvalue weighted by Crippen LogP contribution is -2.27. The van der Waals surface area contributed by atoms with Gasteiger partial charge in [-0.3, -0.25) is 4.79 Å². The van der Waals surface area contributed by atoms with Crippen molar-refractivity contribution in [1.82, 2.24) is 35.1 Å². The molecule has 0 aliphatic heterocycles. The summed E-state index contributed by atoms with van der Waals surface area (Å²) < 4.78 is 7.27. The molecule has 0 aliphatic rings. The summed E-state index contributed by atoms with van der Waals surface area (Å²) in [5.74, 6) is 1.63. The van der Waals surface area contributed by atoms with E-state index in [1.54, 1.807) is 4.52 Å². The lowest BCUT2D eigenvalue weighted by Gasteiger charge is -2.12. The Bertz CT molecular complexity index is 928. The SMILES string of the molecule is Cc1nc2ncnn2c(C)c1CCC(=O)NC(C)c1nnc(C(C)C)o1. The molecule has 0 saturated heterocycles. The normalized spacial score (nSPS) is 12.7. The average molecular weight is 357 g/mol. The standard InChI is InChI=1S/C17H23N7O2/c1-9(2)15-22-23-16(26-15)11(4)20-14(25)7-6-13-10(3)21-17-18-8-19-24(17)12(13)5/h8-9,11H,6-7H2,1-5H3,(H,20,25). The van der Waals surface area contributed by atoms with Crippen molar-refractivity contribution in [2.45, 2.75) is 59.4 Å². The molecule has 0 aliphatic carbocycles. The van der Waals surface area contributed by atoms with Crippen molar-refractivity contribution in [3.05, 3.63) is 35.1 Å². The van der Waals surface area contributed by atoms with Crippen LogP contribution in [0, 0.1) is 13.8 Å². The van der Waals surface area contributed by atoms with Crippen molar-refractivity contribution in [2.75, 3.05) is 0 Å². The molecule has 138 valence electrons. The van der Waals surface area contributed by atoms with E-state index in [0.717, 1.165) is 17.0 Å². The van der Waals surface area contributed by atoms with Gasteiger partial charge in [-0.05, 0) is 32.8 Å². The molecule has 9 nitrogen and oxygen atoms in total. The highest BCUT2D eigenvalue weighted by Gasteiger charge is 2.18. The highest BCUT2D eigenvalue weighted by molar-refractivity contribution is 5.76. The van der Waals surface area contributed by atoms with Crippen molar-refractivity contribution in [1.29, 1.82) is 0 Å². The Morgan fingerprint density at radius 2 is 1.96 bits per heavy atom. The smallest absolute Gasteiger partial charge is 0.252 e. The number of nitrogens with one attached hydrogen (secondary N) is 1. The lowest BCUT2D eigenvalue weighted by atomic mass is 10.1. The molecule has 1 unspecified atom stereocenters. The molecule has 0 radical (unpaired) electrons. The van der Waals surface area contributed by atoms with Gasteiger partial charge in [0.1, 0.15) is 12.4 Å². The van der Waals surface area contributed by atoms with Gasteiger partial charge in [-0.25, -0.2) is 9.50 Å². The Kier molecular flexibility index (Phi) is 4.97. The topological polar surface area (TPSA) is 111 Å². The van der Waals surface area contributed by atoms with Gasteiger partial charge in [0, 0.05) is 23.7 Å².